The maximum atomic E-state index is 9.26. The minimum Gasteiger partial charge on any atom is -0.395 e. The van der Waals surface area contributed by atoms with Gasteiger partial charge in [-0.25, -0.2) is 4.98 Å². The summed E-state index contributed by atoms with van der Waals surface area (Å²) in [7, 11) is 0. The summed E-state index contributed by atoms with van der Waals surface area (Å²) >= 11 is 1.79. The number of hydrogen-bond donors (Lipinski definition) is 1. The van der Waals surface area contributed by atoms with E-state index in [0.29, 0.717) is 6.54 Å². The van der Waals surface area contributed by atoms with Gasteiger partial charge in [0.25, 0.3) is 0 Å². The van der Waals surface area contributed by atoms with E-state index in [1.807, 2.05) is 6.07 Å². The summed E-state index contributed by atoms with van der Waals surface area (Å²) in [6.07, 6.45) is 3.63. The zero-order valence-electron chi connectivity index (χ0n) is 12.2. The molecule has 0 radical (unpaired) electrons. The Hall–Kier alpha value is -1.23. The topological polar surface area (TPSA) is 36.4 Å². The molecule has 1 aromatic carbocycles. The third-order valence-electron chi connectivity index (χ3n) is 3.86. The molecule has 112 valence electrons. The van der Waals surface area contributed by atoms with Crippen LogP contribution in [-0.2, 0) is 13.0 Å². The van der Waals surface area contributed by atoms with Crippen LogP contribution in [0.1, 0.15) is 35.0 Å². The van der Waals surface area contributed by atoms with Crippen molar-refractivity contribution in [3.8, 4) is 0 Å². The number of nitrogens with zero attached hydrogens (tertiary/aromatic N) is 2. The fourth-order valence-electron chi connectivity index (χ4n) is 2.49. The van der Waals surface area contributed by atoms with E-state index in [2.05, 4.69) is 34.5 Å². The van der Waals surface area contributed by atoms with Crippen LogP contribution in [0.4, 0.5) is 0 Å². The van der Waals surface area contributed by atoms with Gasteiger partial charge in [-0.3, -0.25) is 4.90 Å². The van der Waals surface area contributed by atoms with Crippen LogP contribution in [0.5, 0.6) is 0 Å². The van der Waals surface area contributed by atoms with Crippen molar-refractivity contribution < 1.29 is 5.11 Å². The maximum Gasteiger partial charge on any atom is 0.0959 e. The molecule has 0 aliphatic heterocycles. The van der Waals surface area contributed by atoms with Crippen molar-refractivity contribution in [3.63, 3.8) is 0 Å². The average molecular weight is 302 g/mol. The highest BCUT2D eigenvalue weighted by atomic mass is 32.1. The van der Waals surface area contributed by atoms with Gasteiger partial charge in [-0.2, -0.15) is 0 Å². The lowest BCUT2D eigenvalue weighted by Crippen LogP contribution is -2.28. The molecule has 3 rings (SSSR count). The first-order valence-electron chi connectivity index (χ1n) is 7.66. The Morgan fingerprint density at radius 1 is 1.19 bits per heavy atom. The van der Waals surface area contributed by atoms with E-state index in [1.54, 1.807) is 11.3 Å². The summed E-state index contributed by atoms with van der Waals surface area (Å²) < 4.78 is 0. The summed E-state index contributed by atoms with van der Waals surface area (Å²) in [6.45, 7) is 2.72. The van der Waals surface area contributed by atoms with Gasteiger partial charge < -0.3 is 5.11 Å². The van der Waals surface area contributed by atoms with E-state index >= 15 is 0 Å². The highest BCUT2D eigenvalue weighted by Crippen LogP contribution is 2.41. The van der Waals surface area contributed by atoms with Gasteiger partial charge in [0.15, 0.2) is 0 Å². The first-order chi connectivity index (χ1) is 10.3. The van der Waals surface area contributed by atoms with Crippen LogP contribution in [-0.4, -0.2) is 34.7 Å². The zero-order chi connectivity index (χ0) is 14.5. The molecule has 0 saturated heterocycles. The van der Waals surface area contributed by atoms with E-state index in [-0.39, 0.29) is 6.61 Å². The molecule has 2 aromatic rings. The molecule has 1 fully saturated rings. The summed E-state index contributed by atoms with van der Waals surface area (Å²) in [5.74, 6) is 0.736. The second-order valence-electron chi connectivity index (χ2n) is 5.69. The molecule has 0 spiro atoms. The lowest BCUT2D eigenvalue weighted by Gasteiger charge is -2.20. The summed E-state index contributed by atoms with van der Waals surface area (Å²) in [6, 6.07) is 10.5. The largest absolute Gasteiger partial charge is 0.395 e. The van der Waals surface area contributed by atoms with Crippen molar-refractivity contribution in [2.24, 2.45) is 0 Å². The Morgan fingerprint density at radius 3 is 2.71 bits per heavy atom. The molecule has 4 heteroatoms. The van der Waals surface area contributed by atoms with Crippen molar-refractivity contribution >= 4 is 11.3 Å². The van der Waals surface area contributed by atoms with E-state index in [1.165, 1.54) is 23.4 Å². The van der Waals surface area contributed by atoms with E-state index in [0.717, 1.165) is 31.1 Å². The fraction of sp³-hybridized carbons (Fsp3) is 0.471. The Kier molecular flexibility index (Phi) is 5.01. The van der Waals surface area contributed by atoms with E-state index in [4.69, 9.17) is 4.98 Å². The minimum absolute atomic E-state index is 0.203. The van der Waals surface area contributed by atoms with Gasteiger partial charge in [-0.15, -0.1) is 11.3 Å². The number of benzene rings is 1. The highest BCUT2D eigenvalue weighted by molar-refractivity contribution is 7.09. The SMILES string of the molecule is OCCN(CCc1ccccc1)Cc1csc(C2CC2)n1. The molecule has 0 unspecified atom stereocenters. The molecule has 0 bridgehead atoms. The Labute approximate surface area is 130 Å². The smallest absolute Gasteiger partial charge is 0.0959 e. The molecule has 0 amide bonds. The number of rotatable bonds is 8. The second kappa shape index (κ2) is 7.16. The van der Waals surface area contributed by atoms with Gasteiger partial charge in [-0.05, 0) is 24.8 Å². The highest BCUT2D eigenvalue weighted by Gasteiger charge is 2.26. The maximum absolute atomic E-state index is 9.26. The number of aliphatic hydroxyl groups is 1. The Morgan fingerprint density at radius 2 is 2.00 bits per heavy atom. The summed E-state index contributed by atoms with van der Waals surface area (Å²) in [4.78, 5) is 7.03. The van der Waals surface area contributed by atoms with Crippen molar-refractivity contribution in [1.82, 2.24) is 9.88 Å². The van der Waals surface area contributed by atoms with Gasteiger partial charge in [0.1, 0.15) is 0 Å². The standard InChI is InChI=1S/C17H22N2OS/c20-11-10-19(9-8-14-4-2-1-3-5-14)12-16-13-21-17(18-16)15-6-7-15/h1-5,13,15,20H,6-12H2. The molecule has 1 aromatic heterocycles. The Balaban J connectivity index is 1.55. The van der Waals surface area contributed by atoms with Crippen molar-refractivity contribution in [3.05, 3.63) is 52.0 Å². The summed E-state index contributed by atoms with van der Waals surface area (Å²) in [5.41, 5.74) is 2.50. The van der Waals surface area contributed by atoms with E-state index in [9.17, 15) is 5.11 Å². The first-order valence-corrected chi connectivity index (χ1v) is 8.54. The molecule has 1 aliphatic carbocycles. The number of thiazole rings is 1. The number of aliphatic hydroxyl groups excluding tert-OH is 1. The molecule has 1 aliphatic rings. The molecule has 1 heterocycles. The Bertz CT molecular complexity index is 551. The van der Waals surface area contributed by atoms with Crippen LogP contribution >= 0.6 is 11.3 Å². The number of aromatic nitrogens is 1. The summed E-state index contributed by atoms with van der Waals surface area (Å²) in [5, 5.41) is 12.7. The molecule has 3 nitrogen and oxygen atoms in total. The van der Waals surface area contributed by atoms with Crippen molar-refractivity contribution in [1.29, 1.82) is 0 Å². The van der Waals surface area contributed by atoms with Gasteiger partial charge in [0.05, 0.1) is 17.3 Å². The van der Waals surface area contributed by atoms with Crippen LogP contribution in [0.2, 0.25) is 0 Å². The molecule has 1 N–H and O–H groups in total. The lowest BCUT2D eigenvalue weighted by atomic mass is 10.1. The van der Waals surface area contributed by atoms with Crippen molar-refractivity contribution in [2.45, 2.75) is 31.7 Å². The molecule has 1 saturated carbocycles. The van der Waals surface area contributed by atoms with Gasteiger partial charge in [-0.1, -0.05) is 30.3 Å². The normalized spacial score (nSPS) is 14.8. The van der Waals surface area contributed by atoms with Gasteiger partial charge >= 0.3 is 0 Å². The van der Waals surface area contributed by atoms with Gasteiger partial charge in [0.2, 0.25) is 0 Å². The second-order valence-corrected chi connectivity index (χ2v) is 6.58. The predicted molar refractivity (Wildman–Crippen MR) is 86.6 cm³/mol. The minimum atomic E-state index is 0.203. The van der Waals surface area contributed by atoms with E-state index < -0.39 is 0 Å². The first kappa shape index (κ1) is 14.7. The quantitative estimate of drug-likeness (QED) is 0.814. The van der Waals surface area contributed by atoms with Crippen molar-refractivity contribution in [2.75, 3.05) is 19.7 Å². The van der Waals surface area contributed by atoms with Crippen LogP contribution in [0.25, 0.3) is 0 Å². The molecule has 21 heavy (non-hydrogen) atoms. The van der Waals surface area contributed by atoms with Crippen LogP contribution in [0.15, 0.2) is 35.7 Å². The molecule has 0 atom stereocenters. The number of hydrogen-bond acceptors (Lipinski definition) is 4. The third-order valence-corrected chi connectivity index (χ3v) is 4.91. The lowest BCUT2D eigenvalue weighted by molar-refractivity contribution is 0.190. The third kappa shape index (κ3) is 4.37. The fourth-order valence-corrected chi connectivity index (χ4v) is 3.47. The zero-order valence-corrected chi connectivity index (χ0v) is 13.1. The van der Waals surface area contributed by atoms with Gasteiger partial charge in [0, 0.05) is 30.9 Å². The van der Waals surface area contributed by atoms with Crippen LogP contribution < -0.4 is 0 Å². The van der Waals surface area contributed by atoms with Crippen LogP contribution in [0, 0.1) is 0 Å². The van der Waals surface area contributed by atoms with Crippen LogP contribution in [0.3, 0.4) is 0 Å². The predicted octanol–water partition coefficient (Wildman–Crippen LogP) is 3.06. The molecular weight excluding hydrogens is 280 g/mol. The average Bonchev–Trinajstić information content (AvgIpc) is 3.26. The monoisotopic (exact) mass is 302 g/mol. The molecular formula is C17H22N2OS.